The van der Waals surface area contributed by atoms with Crippen molar-refractivity contribution in [3.63, 3.8) is 0 Å². The monoisotopic (exact) mass is 421 g/mol. The molecule has 2 saturated carbocycles. The minimum absolute atomic E-state index is 0.125. The first-order chi connectivity index (χ1) is 15.1. The van der Waals surface area contributed by atoms with Gasteiger partial charge in [-0.2, -0.15) is 4.68 Å². The fourth-order valence-corrected chi connectivity index (χ4v) is 6.11. The highest BCUT2D eigenvalue weighted by Crippen LogP contribution is 2.72. The molecule has 160 valence electrons. The van der Waals surface area contributed by atoms with Gasteiger partial charge in [0.25, 0.3) is 0 Å². The van der Waals surface area contributed by atoms with Gasteiger partial charge in [-0.1, -0.05) is 6.07 Å². The standard InChI is InChI=1S/C21H23N7O3/c1-12-19-16-6-14(22-8-13-2-3-17(23-9-13)27-11-24-25-26-27)4-5-21(16,19)20(30)28(12)15-7-18(29)31-10-15/h2-3,7,9,11-12,14,16,19,22H,4-6,8,10H2,1H3. The van der Waals surface area contributed by atoms with Crippen LogP contribution < -0.4 is 5.32 Å². The number of pyridine rings is 1. The van der Waals surface area contributed by atoms with E-state index in [4.69, 9.17) is 4.74 Å². The number of fused-ring (bicyclic) bond motifs is 1. The molecule has 2 aromatic heterocycles. The van der Waals surface area contributed by atoms with E-state index in [1.54, 1.807) is 0 Å². The van der Waals surface area contributed by atoms with Crippen molar-refractivity contribution in [3.8, 4) is 5.82 Å². The van der Waals surface area contributed by atoms with E-state index in [1.165, 1.54) is 17.1 Å². The Labute approximate surface area is 178 Å². The molecule has 0 radical (unpaired) electrons. The van der Waals surface area contributed by atoms with Crippen LogP contribution in [0.25, 0.3) is 5.82 Å². The molecule has 2 aliphatic carbocycles. The Balaban J connectivity index is 1.08. The molecule has 31 heavy (non-hydrogen) atoms. The summed E-state index contributed by atoms with van der Waals surface area (Å²) >= 11 is 0. The molecule has 5 unspecified atom stereocenters. The second-order valence-corrected chi connectivity index (χ2v) is 8.96. The van der Waals surface area contributed by atoms with Gasteiger partial charge < -0.3 is 15.0 Å². The maximum absolute atomic E-state index is 13.3. The summed E-state index contributed by atoms with van der Waals surface area (Å²) in [6, 6.07) is 4.44. The first kappa shape index (κ1) is 18.6. The first-order valence-electron chi connectivity index (χ1n) is 10.7. The molecule has 0 bridgehead atoms. The number of amides is 1. The Kier molecular flexibility index (Phi) is 4.01. The van der Waals surface area contributed by atoms with Crippen molar-refractivity contribution in [3.05, 3.63) is 42.0 Å². The number of carbonyl (C=O) groups excluding carboxylic acids is 2. The van der Waals surface area contributed by atoms with Crippen molar-refractivity contribution in [2.45, 2.75) is 44.8 Å². The van der Waals surface area contributed by atoms with Crippen LogP contribution in [0, 0.1) is 17.3 Å². The Morgan fingerprint density at radius 2 is 2.23 bits per heavy atom. The summed E-state index contributed by atoms with van der Waals surface area (Å²) in [5, 5.41) is 14.7. The molecule has 4 aliphatic rings. The fourth-order valence-electron chi connectivity index (χ4n) is 6.11. The SMILES string of the molecule is CC1C2C3CC(NCc4ccc(-n5cnnn5)nc4)CCC32C(=O)N1C1=CC(=O)OC1. The van der Waals surface area contributed by atoms with Gasteiger partial charge in [0.2, 0.25) is 5.91 Å². The molecule has 6 rings (SSSR count). The summed E-state index contributed by atoms with van der Waals surface area (Å²) in [6.07, 6.45) is 7.71. The van der Waals surface area contributed by atoms with Gasteiger partial charge in [0, 0.05) is 30.9 Å². The molecule has 1 amide bonds. The molecule has 2 aliphatic heterocycles. The van der Waals surface area contributed by atoms with Crippen LogP contribution in [0.2, 0.25) is 0 Å². The lowest BCUT2D eigenvalue weighted by atomic mass is 9.84. The average Bonchev–Trinajstić information content (AvgIpc) is 3.14. The summed E-state index contributed by atoms with van der Waals surface area (Å²) in [5.41, 5.74) is 1.60. The van der Waals surface area contributed by atoms with Gasteiger partial charge in [-0.05, 0) is 60.1 Å². The molecule has 1 spiro atoms. The van der Waals surface area contributed by atoms with E-state index in [-0.39, 0.29) is 29.9 Å². The maximum Gasteiger partial charge on any atom is 0.333 e. The third-order valence-corrected chi connectivity index (χ3v) is 7.51. The van der Waals surface area contributed by atoms with Crippen molar-refractivity contribution in [1.82, 2.24) is 35.4 Å². The van der Waals surface area contributed by atoms with Crippen LogP contribution >= 0.6 is 0 Å². The molecular weight excluding hydrogens is 398 g/mol. The van der Waals surface area contributed by atoms with Gasteiger partial charge in [0.1, 0.15) is 12.9 Å². The number of hydrogen-bond acceptors (Lipinski definition) is 8. The lowest BCUT2D eigenvalue weighted by Gasteiger charge is -2.32. The van der Waals surface area contributed by atoms with E-state index in [9.17, 15) is 9.59 Å². The summed E-state index contributed by atoms with van der Waals surface area (Å²) in [4.78, 5) is 31.0. The van der Waals surface area contributed by atoms with E-state index < -0.39 is 0 Å². The number of carbonyl (C=O) groups is 2. The van der Waals surface area contributed by atoms with Crippen molar-refractivity contribution >= 4 is 11.9 Å². The molecule has 4 heterocycles. The molecular formula is C21H23N7O3. The van der Waals surface area contributed by atoms with Crippen LogP contribution in [0.3, 0.4) is 0 Å². The quantitative estimate of drug-likeness (QED) is 0.698. The van der Waals surface area contributed by atoms with Gasteiger partial charge in [0.05, 0.1) is 11.1 Å². The predicted molar refractivity (Wildman–Crippen MR) is 106 cm³/mol. The Hall–Kier alpha value is -3.14. The number of tetrazole rings is 1. The first-order valence-corrected chi connectivity index (χ1v) is 10.7. The zero-order valence-corrected chi connectivity index (χ0v) is 17.1. The van der Waals surface area contributed by atoms with E-state index in [0.29, 0.717) is 23.7 Å². The smallest absolute Gasteiger partial charge is 0.333 e. The molecule has 10 heteroatoms. The third kappa shape index (κ3) is 2.74. The zero-order valence-electron chi connectivity index (χ0n) is 17.1. The topological polar surface area (TPSA) is 115 Å². The molecule has 1 N–H and O–H groups in total. The number of cyclic esters (lactones) is 1. The number of piperidine rings is 1. The average molecular weight is 421 g/mol. The molecule has 0 aromatic carbocycles. The largest absolute Gasteiger partial charge is 0.456 e. The normalized spacial score (nSPS) is 33.7. The number of nitrogens with zero attached hydrogens (tertiary/aromatic N) is 6. The summed E-state index contributed by atoms with van der Waals surface area (Å²) in [7, 11) is 0. The highest BCUT2D eigenvalue weighted by atomic mass is 16.5. The van der Waals surface area contributed by atoms with E-state index >= 15 is 0 Å². The molecule has 3 fully saturated rings. The summed E-state index contributed by atoms with van der Waals surface area (Å²) in [6.45, 7) is 3.06. The highest BCUT2D eigenvalue weighted by Gasteiger charge is 2.77. The Morgan fingerprint density at radius 3 is 2.94 bits per heavy atom. The lowest BCUT2D eigenvalue weighted by Crippen LogP contribution is -2.42. The van der Waals surface area contributed by atoms with E-state index in [1.807, 2.05) is 23.2 Å². The fraction of sp³-hybridized carbons (Fsp3) is 0.524. The van der Waals surface area contributed by atoms with Crippen molar-refractivity contribution in [1.29, 1.82) is 0 Å². The van der Waals surface area contributed by atoms with Crippen LogP contribution in [-0.4, -0.2) is 60.7 Å². The minimum atomic E-state index is -0.349. The predicted octanol–water partition coefficient (Wildman–Crippen LogP) is 0.603. The second kappa shape index (κ2) is 6.68. The van der Waals surface area contributed by atoms with Crippen molar-refractivity contribution < 1.29 is 14.3 Å². The van der Waals surface area contributed by atoms with Gasteiger partial charge >= 0.3 is 5.97 Å². The van der Waals surface area contributed by atoms with E-state index in [0.717, 1.165) is 37.1 Å². The van der Waals surface area contributed by atoms with Crippen LogP contribution in [-0.2, 0) is 20.9 Å². The molecule has 2 aromatic rings. The number of hydrogen-bond donors (Lipinski definition) is 1. The van der Waals surface area contributed by atoms with Gasteiger partial charge in [0.15, 0.2) is 5.82 Å². The van der Waals surface area contributed by atoms with Crippen molar-refractivity contribution in [2.75, 3.05) is 6.61 Å². The van der Waals surface area contributed by atoms with E-state index in [2.05, 4.69) is 32.7 Å². The Bertz CT molecular complexity index is 1070. The molecule has 1 saturated heterocycles. The second-order valence-electron chi connectivity index (χ2n) is 8.96. The van der Waals surface area contributed by atoms with Crippen LogP contribution in [0.1, 0.15) is 31.7 Å². The third-order valence-electron chi connectivity index (χ3n) is 7.51. The molecule has 5 atom stereocenters. The van der Waals surface area contributed by atoms with Gasteiger partial charge in [-0.15, -0.1) is 5.10 Å². The summed E-state index contributed by atoms with van der Waals surface area (Å²) in [5.74, 6) is 1.33. The van der Waals surface area contributed by atoms with Crippen molar-refractivity contribution in [2.24, 2.45) is 17.3 Å². The number of likely N-dealkylation sites (tertiary alicyclic amines) is 1. The van der Waals surface area contributed by atoms with Crippen LogP contribution in [0.4, 0.5) is 0 Å². The number of rotatable bonds is 5. The zero-order chi connectivity index (χ0) is 21.2. The number of aromatic nitrogens is 5. The molecule has 10 nitrogen and oxygen atoms in total. The number of esters is 1. The Morgan fingerprint density at radius 1 is 1.32 bits per heavy atom. The number of nitrogens with one attached hydrogen (secondary N) is 1. The lowest BCUT2D eigenvalue weighted by molar-refractivity contribution is -0.137. The number of ether oxygens (including phenoxy) is 1. The minimum Gasteiger partial charge on any atom is -0.456 e. The maximum atomic E-state index is 13.3. The highest BCUT2D eigenvalue weighted by molar-refractivity contribution is 5.94. The van der Waals surface area contributed by atoms with Gasteiger partial charge in [-0.25, -0.2) is 9.78 Å². The van der Waals surface area contributed by atoms with Crippen LogP contribution in [0.5, 0.6) is 0 Å². The summed E-state index contributed by atoms with van der Waals surface area (Å²) < 4.78 is 6.55. The van der Waals surface area contributed by atoms with Crippen LogP contribution in [0.15, 0.2) is 36.4 Å². The van der Waals surface area contributed by atoms with Gasteiger partial charge in [-0.3, -0.25) is 4.79 Å².